The van der Waals surface area contributed by atoms with Gasteiger partial charge in [0, 0.05) is 31.2 Å². The molecule has 0 bridgehead atoms. The smallest absolute Gasteiger partial charge is 0.125 e. The van der Waals surface area contributed by atoms with Gasteiger partial charge in [-0.1, -0.05) is 0 Å². The first-order chi connectivity index (χ1) is 11.1. The number of rotatable bonds is 2. The molecule has 4 nitrogen and oxygen atoms in total. The van der Waals surface area contributed by atoms with Gasteiger partial charge in [0.2, 0.25) is 0 Å². The van der Waals surface area contributed by atoms with Crippen LogP contribution >= 0.6 is 11.3 Å². The highest BCUT2D eigenvalue weighted by molar-refractivity contribution is 7.18. The van der Waals surface area contributed by atoms with Crippen LogP contribution in [0.15, 0.2) is 42.9 Å². The van der Waals surface area contributed by atoms with Crippen LogP contribution in [0.3, 0.4) is 0 Å². The van der Waals surface area contributed by atoms with Crippen molar-refractivity contribution in [2.75, 3.05) is 0 Å². The first kappa shape index (κ1) is 14.1. The molecule has 0 unspecified atom stereocenters. The summed E-state index contributed by atoms with van der Waals surface area (Å²) in [5, 5.41) is 0.984. The molecule has 0 radical (unpaired) electrons. The van der Waals surface area contributed by atoms with Crippen LogP contribution in [0.2, 0.25) is 0 Å². The van der Waals surface area contributed by atoms with Crippen LogP contribution in [0.1, 0.15) is 11.3 Å². The van der Waals surface area contributed by atoms with Crippen molar-refractivity contribution in [1.29, 1.82) is 0 Å². The lowest BCUT2D eigenvalue weighted by atomic mass is 10.2. The molecule has 114 valence electrons. The van der Waals surface area contributed by atoms with Gasteiger partial charge in [-0.15, -0.1) is 11.3 Å². The largest absolute Gasteiger partial charge is 0.349 e. The van der Waals surface area contributed by atoms with Crippen molar-refractivity contribution < 1.29 is 0 Å². The van der Waals surface area contributed by atoms with Gasteiger partial charge in [0.1, 0.15) is 5.01 Å². The number of pyridine rings is 2. The van der Waals surface area contributed by atoms with Crippen molar-refractivity contribution in [1.82, 2.24) is 19.5 Å². The van der Waals surface area contributed by atoms with Crippen LogP contribution in [-0.4, -0.2) is 19.5 Å². The molecule has 4 heterocycles. The highest BCUT2D eigenvalue weighted by Crippen LogP contribution is 2.35. The number of hydrogen-bond acceptors (Lipinski definition) is 4. The van der Waals surface area contributed by atoms with Gasteiger partial charge in [0.05, 0.1) is 27.3 Å². The summed E-state index contributed by atoms with van der Waals surface area (Å²) in [6, 6.07) is 8.18. The Morgan fingerprint density at radius 2 is 2.00 bits per heavy atom. The van der Waals surface area contributed by atoms with Crippen LogP contribution in [0, 0.1) is 13.8 Å². The zero-order chi connectivity index (χ0) is 16.0. The summed E-state index contributed by atoms with van der Waals surface area (Å²) in [6.45, 7) is 4.17. The Balaban J connectivity index is 1.87. The van der Waals surface area contributed by atoms with E-state index in [1.165, 1.54) is 11.1 Å². The molecule has 0 atom stereocenters. The van der Waals surface area contributed by atoms with E-state index in [1.807, 2.05) is 25.3 Å². The Hall–Kier alpha value is -2.53. The molecule has 4 rings (SSSR count). The summed E-state index contributed by atoms with van der Waals surface area (Å²) in [6.07, 6.45) is 5.68. The zero-order valence-corrected chi connectivity index (χ0v) is 14.1. The maximum atomic E-state index is 4.83. The topological polar surface area (TPSA) is 43.6 Å². The van der Waals surface area contributed by atoms with Crippen LogP contribution in [0.25, 0.3) is 32.2 Å². The summed E-state index contributed by atoms with van der Waals surface area (Å²) in [5.74, 6) is 0. The second-order valence-corrected chi connectivity index (χ2v) is 6.66. The van der Waals surface area contributed by atoms with Gasteiger partial charge < -0.3 is 4.57 Å². The van der Waals surface area contributed by atoms with E-state index in [4.69, 9.17) is 9.97 Å². The van der Waals surface area contributed by atoms with E-state index >= 15 is 0 Å². The fraction of sp³-hybridized carbons (Fsp3) is 0.167. The number of aryl methyl sites for hydroxylation is 3. The minimum atomic E-state index is 0.984. The minimum Gasteiger partial charge on any atom is -0.349 e. The van der Waals surface area contributed by atoms with E-state index in [1.54, 1.807) is 17.5 Å². The van der Waals surface area contributed by atoms with Gasteiger partial charge in [-0.25, -0.2) is 9.97 Å². The maximum absolute atomic E-state index is 4.83. The van der Waals surface area contributed by atoms with Crippen molar-refractivity contribution in [3.8, 4) is 21.1 Å². The Labute approximate surface area is 138 Å². The molecule has 0 amide bonds. The molecule has 0 spiro atoms. The maximum Gasteiger partial charge on any atom is 0.125 e. The number of aromatic nitrogens is 4. The number of thiazole rings is 1. The van der Waals surface area contributed by atoms with Gasteiger partial charge in [-0.2, -0.15) is 0 Å². The highest BCUT2D eigenvalue weighted by Gasteiger charge is 2.14. The van der Waals surface area contributed by atoms with Gasteiger partial charge in [-0.3, -0.25) is 4.98 Å². The molecule has 0 aromatic carbocycles. The SMILES string of the molecule is Cc1nc(-c2cccnc2)sc1-c1cc(C)c2c(ccn2C)n1. The molecule has 0 aliphatic rings. The molecule has 0 saturated heterocycles. The number of fused-ring (bicyclic) bond motifs is 1. The van der Waals surface area contributed by atoms with Crippen molar-refractivity contribution in [2.45, 2.75) is 13.8 Å². The van der Waals surface area contributed by atoms with Gasteiger partial charge >= 0.3 is 0 Å². The van der Waals surface area contributed by atoms with E-state index in [0.717, 1.165) is 32.4 Å². The molecule has 4 aromatic heterocycles. The monoisotopic (exact) mass is 320 g/mol. The van der Waals surface area contributed by atoms with Crippen molar-refractivity contribution >= 4 is 22.4 Å². The Bertz CT molecular complexity index is 999. The quantitative estimate of drug-likeness (QED) is 0.550. The van der Waals surface area contributed by atoms with Gasteiger partial charge in [-0.05, 0) is 43.7 Å². The molecule has 5 heteroatoms. The summed E-state index contributed by atoms with van der Waals surface area (Å²) < 4.78 is 2.11. The second kappa shape index (κ2) is 5.28. The van der Waals surface area contributed by atoms with E-state index in [9.17, 15) is 0 Å². The Kier molecular flexibility index (Phi) is 3.23. The average molecular weight is 320 g/mol. The molecule has 0 N–H and O–H groups in total. The predicted molar refractivity (Wildman–Crippen MR) is 94.5 cm³/mol. The van der Waals surface area contributed by atoms with Crippen molar-refractivity contribution in [3.63, 3.8) is 0 Å². The standard InChI is InChI=1S/C18H16N4S/c1-11-9-15(21-14-6-8-22(3)16(11)14)17-12(2)20-18(23-17)13-5-4-7-19-10-13/h4-10H,1-3H3. The van der Waals surface area contributed by atoms with E-state index in [-0.39, 0.29) is 0 Å². The average Bonchev–Trinajstić information content (AvgIpc) is 3.12. The molecule has 0 fully saturated rings. The van der Waals surface area contributed by atoms with Crippen LogP contribution in [-0.2, 0) is 7.05 Å². The van der Waals surface area contributed by atoms with E-state index in [0.29, 0.717) is 0 Å². The fourth-order valence-electron chi connectivity index (χ4n) is 2.89. The zero-order valence-electron chi connectivity index (χ0n) is 13.2. The third-order valence-corrected chi connectivity index (χ3v) is 5.19. The minimum absolute atomic E-state index is 0.984. The number of nitrogens with zero attached hydrogens (tertiary/aromatic N) is 4. The Morgan fingerprint density at radius 3 is 2.78 bits per heavy atom. The third kappa shape index (κ3) is 2.33. The van der Waals surface area contributed by atoms with Crippen LogP contribution in [0.4, 0.5) is 0 Å². The van der Waals surface area contributed by atoms with Gasteiger partial charge in [0.15, 0.2) is 0 Å². The number of hydrogen-bond donors (Lipinski definition) is 0. The molecular weight excluding hydrogens is 304 g/mol. The molecule has 4 aromatic rings. The molecule has 0 aliphatic carbocycles. The summed E-state index contributed by atoms with van der Waals surface area (Å²) in [4.78, 5) is 14.8. The lowest BCUT2D eigenvalue weighted by Gasteiger charge is -2.04. The third-order valence-electron chi connectivity index (χ3n) is 3.96. The lowest BCUT2D eigenvalue weighted by molar-refractivity contribution is 0.963. The predicted octanol–water partition coefficient (Wildman–Crippen LogP) is 4.38. The molecule has 23 heavy (non-hydrogen) atoms. The van der Waals surface area contributed by atoms with Crippen molar-refractivity contribution in [3.05, 3.63) is 54.1 Å². The Morgan fingerprint density at radius 1 is 1.13 bits per heavy atom. The van der Waals surface area contributed by atoms with Crippen LogP contribution < -0.4 is 0 Å². The molecule has 0 saturated carbocycles. The summed E-state index contributed by atoms with van der Waals surface area (Å²) >= 11 is 1.67. The van der Waals surface area contributed by atoms with Crippen LogP contribution in [0.5, 0.6) is 0 Å². The highest BCUT2D eigenvalue weighted by atomic mass is 32.1. The lowest BCUT2D eigenvalue weighted by Crippen LogP contribution is -1.91. The summed E-state index contributed by atoms with van der Waals surface area (Å²) in [7, 11) is 2.05. The normalized spacial score (nSPS) is 11.3. The molecule has 0 aliphatic heterocycles. The summed E-state index contributed by atoms with van der Waals surface area (Å²) in [5.41, 5.74) is 6.49. The van der Waals surface area contributed by atoms with E-state index in [2.05, 4.69) is 41.9 Å². The van der Waals surface area contributed by atoms with Crippen molar-refractivity contribution in [2.24, 2.45) is 7.05 Å². The first-order valence-electron chi connectivity index (χ1n) is 7.44. The second-order valence-electron chi connectivity index (χ2n) is 5.66. The first-order valence-corrected chi connectivity index (χ1v) is 8.26. The van der Waals surface area contributed by atoms with E-state index < -0.39 is 0 Å². The molecular formula is C18H16N4S. The fourth-order valence-corrected chi connectivity index (χ4v) is 3.90. The van der Waals surface area contributed by atoms with Gasteiger partial charge in [0.25, 0.3) is 0 Å².